The molecule has 0 aliphatic carbocycles. The normalized spacial score (nSPS) is 10.9. The second-order valence-corrected chi connectivity index (χ2v) is 7.24. The van der Waals surface area contributed by atoms with Gasteiger partial charge in [0.15, 0.2) is 5.75 Å². The number of allylic oxidation sites excluding steroid dienone is 1. The molecule has 0 unspecified atom stereocenters. The van der Waals surface area contributed by atoms with E-state index >= 15 is 0 Å². The second kappa shape index (κ2) is 9.50. The summed E-state index contributed by atoms with van der Waals surface area (Å²) >= 11 is 18.9. The summed E-state index contributed by atoms with van der Waals surface area (Å²) in [6.07, 6.45) is 1.66. The van der Waals surface area contributed by atoms with E-state index in [2.05, 4.69) is 12.1 Å². The first-order valence-corrected chi connectivity index (χ1v) is 9.63. The smallest absolute Gasteiger partial charge is 0.157 e. The van der Waals surface area contributed by atoms with E-state index in [4.69, 9.17) is 39.5 Å². The first kappa shape index (κ1) is 20.8. The van der Waals surface area contributed by atoms with Crippen LogP contribution in [0.3, 0.4) is 0 Å². The van der Waals surface area contributed by atoms with Crippen molar-refractivity contribution in [2.75, 3.05) is 0 Å². The topological polar surface area (TPSA) is 56.8 Å². The highest BCUT2D eigenvalue weighted by Crippen LogP contribution is 2.36. The maximum absolute atomic E-state index is 9.52. The molecule has 0 saturated heterocycles. The van der Waals surface area contributed by atoms with Gasteiger partial charge in [-0.25, -0.2) is 0 Å². The van der Waals surface area contributed by atoms with E-state index in [9.17, 15) is 10.5 Å². The van der Waals surface area contributed by atoms with E-state index in [0.29, 0.717) is 43.1 Å². The molecule has 0 atom stereocenters. The molecule has 0 N–H and O–H groups in total. The highest BCUT2D eigenvalue weighted by atomic mass is 35.5. The Hall–Kier alpha value is -2.95. The molecule has 3 rings (SSSR count). The molecule has 0 fully saturated rings. The molecule has 0 aromatic heterocycles. The van der Waals surface area contributed by atoms with Crippen molar-refractivity contribution in [1.29, 1.82) is 10.5 Å². The minimum atomic E-state index is 0.154. The van der Waals surface area contributed by atoms with Crippen LogP contribution in [0, 0.1) is 22.7 Å². The van der Waals surface area contributed by atoms with Crippen molar-refractivity contribution in [2.24, 2.45) is 0 Å². The Morgan fingerprint density at radius 1 is 0.897 bits per heavy atom. The molecule has 0 aliphatic heterocycles. The molecule has 0 amide bonds. The van der Waals surface area contributed by atoms with E-state index in [1.807, 2.05) is 12.1 Å². The fourth-order valence-corrected chi connectivity index (χ4v) is 3.57. The fourth-order valence-electron chi connectivity index (χ4n) is 2.72. The molecular formula is C23H13Cl3N2O. The molecule has 0 aliphatic rings. The standard InChI is InChI=1S/C23H13Cl3N2O/c24-20-8-4-3-7-19(20)18(13-28)9-15-10-21(25)23(22(26)11-15)29-14-17-6-2-1-5-16(17)12-27/h1-11H,14H2. The van der Waals surface area contributed by atoms with Gasteiger partial charge in [-0.3, -0.25) is 0 Å². The summed E-state index contributed by atoms with van der Waals surface area (Å²) in [5, 5.41) is 19.8. The lowest BCUT2D eigenvalue weighted by Crippen LogP contribution is -1.99. The van der Waals surface area contributed by atoms with Crippen molar-refractivity contribution < 1.29 is 4.74 Å². The van der Waals surface area contributed by atoms with Crippen molar-refractivity contribution in [2.45, 2.75) is 6.61 Å². The van der Waals surface area contributed by atoms with Crippen molar-refractivity contribution in [3.8, 4) is 17.9 Å². The Bertz CT molecular complexity index is 1150. The van der Waals surface area contributed by atoms with Gasteiger partial charge in [0.25, 0.3) is 0 Å². The Morgan fingerprint density at radius 2 is 1.55 bits per heavy atom. The van der Waals surface area contributed by atoms with Gasteiger partial charge in [-0.05, 0) is 35.9 Å². The van der Waals surface area contributed by atoms with Crippen LogP contribution in [0.4, 0.5) is 0 Å². The molecule has 3 aromatic carbocycles. The predicted molar refractivity (Wildman–Crippen MR) is 117 cm³/mol. The number of halogens is 3. The number of nitrogens with zero attached hydrogens (tertiary/aromatic N) is 2. The average molecular weight is 440 g/mol. The summed E-state index contributed by atoms with van der Waals surface area (Å²) in [7, 11) is 0. The van der Waals surface area contributed by atoms with Crippen LogP contribution in [0.25, 0.3) is 11.6 Å². The minimum absolute atomic E-state index is 0.154. The van der Waals surface area contributed by atoms with Crippen LogP contribution in [0.15, 0.2) is 60.7 Å². The Morgan fingerprint density at radius 3 is 2.21 bits per heavy atom. The third kappa shape index (κ3) is 4.91. The van der Waals surface area contributed by atoms with Crippen LogP contribution in [0.1, 0.15) is 22.3 Å². The van der Waals surface area contributed by atoms with Crippen molar-refractivity contribution in [3.05, 3.63) is 98.0 Å². The zero-order valence-corrected chi connectivity index (χ0v) is 17.3. The summed E-state index contributed by atoms with van der Waals surface area (Å²) in [5.41, 5.74) is 2.91. The molecule has 0 saturated carbocycles. The second-order valence-electron chi connectivity index (χ2n) is 6.02. The maximum Gasteiger partial charge on any atom is 0.157 e. The fraction of sp³-hybridized carbons (Fsp3) is 0.0435. The zero-order chi connectivity index (χ0) is 20.8. The number of nitriles is 2. The SMILES string of the molecule is N#CC(=Cc1cc(Cl)c(OCc2ccccc2C#N)c(Cl)c1)c1ccccc1Cl. The highest BCUT2D eigenvalue weighted by molar-refractivity contribution is 6.37. The van der Waals surface area contributed by atoms with Gasteiger partial charge in [0.2, 0.25) is 0 Å². The lowest BCUT2D eigenvalue weighted by Gasteiger charge is -2.12. The van der Waals surface area contributed by atoms with Crippen LogP contribution in [0.2, 0.25) is 15.1 Å². The van der Waals surface area contributed by atoms with Gasteiger partial charge in [-0.1, -0.05) is 71.2 Å². The summed E-state index contributed by atoms with van der Waals surface area (Å²) in [6, 6.07) is 21.8. The first-order chi connectivity index (χ1) is 14.0. The van der Waals surface area contributed by atoms with Crippen LogP contribution < -0.4 is 4.74 Å². The van der Waals surface area contributed by atoms with Crippen molar-refractivity contribution in [1.82, 2.24) is 0 Å². The van der Waals surface area contributed by atoms with Gasteiger partial charge >= 0.3 is 0 Å². The van der Waals surface area contributed by atoms with E-state index in [0.717, 1.165) is 5.56 Å². The first-order valence-electron chi connectivity index (χ1n) is 8.50. The molecule has 0 radical (unpaired) electrons. The van der Waals surface area contributed by atoms with Crippen LogP contribution in [0.5, 0.6) is 5.75 Å². The zero-order valence-electron chi connectivity index (χ0n) is 15.0. The molecule has 29 heavy (non-hydrogen) atoms. The van der Waals surface area contributed by atoms with E-state index in [1.54, 1.807) is 54.6 Å². The quantitative estimate of drug-likeness (QED) is 0.313. The molecule has 0 heterocycles. The largest absolute Gasteiger partial charge is 0.486 e. The van der Waals surface area contributed by atoms with Gasteiger partial charge in [0, 0.05) is 16.1 Å². The third-order valence-corrected chi connectivity index (χ3v) is 5.02. The number of ether oxygens (including phenoxy) is 1. The third-order valence-electron chi connectivity index (χ3n) is 4.13. The number of rotatable bonds is 5. The summed E-state index contributed by atoms with van der Waals surface area (Å²) in [4.78, 5) is 0. The molecular weight excluding hydrogens is 427 g/mol. The summed E-state index contributed by atoms with van der Waals surface area (Å²) in [6.45, 7) is 0.154. The van der Waals surface area contributed by atoms with E-state index < -0.39 is 0 Å². The lowest BCUT2D eigenvalue weighted by molar-refractivity contribution is 0.306. The van der Waals surface area contributed by atoms with E-state index in [-0.39, 0.29) is 6.61 Å². The predicted octanol–water partition coefficient (Wildman–Crippen LogP) is 7.16. The average Bonchev–Trinajstić information content (AvgIpc) is 2.72. The highest BCUT2D eigenvalue weighted by Gasteiger charge is 2.12. The lowest BCUT2D eigenvalue weighted by atomic mass is 10.0. The van der Waals surface area contributed by atoms with E-state index in [1.165, 1.54) is 0 Å². The number of hydrogen-bond acceptors (Lipinski definition) is 3. The van der Waals surface area contributed by atoms with Gasteiger partial charge in [-0.15, -0.1) is 0 Å². The van der Waals surface area contributed by atoms with Crippen molar-refractivity contribution >= 4 is 46.5 Å². The van der Waals surface area contributed by atoms with Crippen LogP contribution in [-0.4, -0.2) is 0 Å². The summed E-state index contributed by atoms with van der Waals surface area (Å²) < 4.78 is 5.76. The molecule has 3 aromatic rings. The maximum atomic E-state index is 9.52. The minimum Gasteiger partial charge on any atom is -0.486 e. The van der Waals surface area contributed by atoms with Gasteiger partial charge in [-0.2, -0.15) is 10.5 Å². The number of benzene rings is 3. The van der Waals surface area contributed by atoms with Gasteiger partial charge in [0.1, 0.15) is 6.61 Å². The van der Waals surface area contributed by atoms with Gasteiger partial charge < -0.3 is 4.74 Å². The molecule has 142 valence electrons. The van der Waals surface area contributed by atoms with Crippen LogP contribution >= 0.6 is 34.8 Å². The summed E-state index contributed by atoms with van der Waals surface area (Å²) in [5.74, 6) is 0.314. The monoisotopic (exact) mass is 438 g/mol. The van der Waals surface area contributed by atoms with Crippen molar-refractivity contribution in [3.63, 3.8) is 0 Å². The van der Waals surface area contributed by atoms with Gasteiger partial charge in [0.05, 0.1) is 33.3 Å². The Labute approximate surface area is 183 Å². The number of hydrogen-bond donors (Lipinski definition) is 0. The van der Waals surface area contributed by atoms with Crippen LogP contribution in [-0.2, 0) is 6.61 Å². The Balaban J connectivity index is 1.89. The molecule has 0 bridgehead atoms. The Kier molecular flexibility index (Phi) is 6.81. The molecule has 6 heteroatoms. The molecule has 0 spiro atoms. The molecule has 3 nitrogen and oxygen atoms in total.